The van der Waals surface area contributed by atoms with Crippen molar-refractivity contribution in [3.63, 3.8) is 0 Å². The molecule has 0 bridgehead atoms. The van der Waals surface area contributed by atoms with E-state index in [9.17, 15) is 0 Å². The molecule has 2 aromatic carbocycles. The number of rotatable bonds is 6. The summed E-state index contributed by atoms with van der Waals surface area (Å²) in [5.74, 6) is 0. The number of nitrogens with two attached hydrogens (primary N) is 1. The van der Waals surface area contributed by atoms with Gasteiger partial charge in [0.05, 0.1) is 5.54 Å². The van der Waals surface area contributed by atoms with Gasteiger partial charge in [-0.3, -0.25) is 0 Å². The van der Waals surface area contributed by atoms with E-state index < -0.39 is 5.54 Å². The zero-order valence-electron chi connectivity index (χ0n) is 12.5. The molecule has 2 aromatic rings. The molecule has 0 saturated heterocycles. The second-order valence-electron chi connectivity index (χ2n) is 5.16. The standard InChI is InChI=1S/C19H23N.ClH/c1-2-3-4-11-16-19(20,17-12-7-5-8-13-17)18-14-9-6-10-15-18;/h2-3,5-10,12-15H,4,11,16,20H2,1H3;1H. The molecule has 2 N–H and O–H groups in total. The quantitative estimate of drug-likeness (QED) is 0.586. The highest BCUT2D eigenvalue weighted by Crippen LogP contribution is 2.31. The van der Waals surface area contributed by atoms with Gasteiger partial charge in [0.2, 0.25) is 0 Å². The monoisotopic (exact) mass is 301 g/mol. The summed E-state index contributed by atoms with van der Waals surface area (Å²) in [6.45, 7) is 2.06. The van der Waals surface area contributed by atoms with Crippen molar-refractivity contribution in [2.75, 3.05) is 0 Å². The Morgan fingerprint density at radius 3 is 1.81 bits per heavy atom. The zero-order valence-corrected chi connectivity index (χ0v) is 13.4. The minimum Gasteiger partial charge on any atom is -0.318 e. The zero-order chi connectivity index (χ0) is 14.3. The second-order valence-corrected chi connectivity index (χ2v) is 5.16. The normalized spacial score (nSPS) is 11.3. The largest absolute Gasteiger partial charge is 0.318 e. The van der Waals surface area contributed by atoms with E-state index in [0.717, 1.165) is 19.3 Å². The van der Waals surface area contributed by atoms with Crippen LogP contribution in [0.5, 0.6) is 0 Å². The number of halogens is 1. The second kappa shape index (κ2) is 8.66. The first-order chi connectivity index (χ1) is 9.77. The Balaban J connectivity index is 0.00000220. The predicted octanol–water partition coefficient (Wildman–Crippen LogP) is 5.06. The number of allylic oxidation sites excluding steroid dienone is 2. The first-order valence-corrected chi connectivity index (χ1v) is 7.28. The van der Waals surface area contributed by atoms with Gasteiger partial charge in [-0.25, -0.2) is 0 Å². The lowest BCUT2D eigenvalue weighted by molar-refractivity contribution is 0.475. The molecule has 0 aliphatic heterocycles. The molecule has 2 rings (SSSR count). The van der Waals surface area contributed by atoms with Crippen molar-refractivity contribution in [1.82, 2.24) is 0 Å². The Morgan fingerprint density at radius 2 is 1.38 bits per heavy atom. The molecule has 21 heavy (non-hydrogen) atoms. The Hall–Kier alpha value is -1.57. The average molecular weight is 302 g/mol. The van der Waals surface area contributed by atoms with Gasteiger partial charge in [0.25, 0.3) is 0 Å². The van der Waals surface area contributed by atoms with E-state index >= 15 is 0 Å². The predicted molar refractivity (Wildman–Crippen MR) is 93.8 cm³/mol. The molecule has 0 aromatic heterocycles. The van der Waals surface area contributed by atoms with E-state index in [0.29, 0.717) is 0 Å². The van der Waals surface area contributed by atoms with Crippen LogP contribution in [0.25, 0.3) is 0 Å². The number of hydrogen-bond donors (Lipinski definition) is 1. The van der Waals surface area contributed by atoms with Gasteiger partial charge in [-0.15, -0.1) is 12.4 Å². The minimum absolute atomic E-state index is 0. The van der Waals surface area contributed by atoms with E-state index in [4.69, 9.17) is 5.73 Å². The maximum Gasteiger partial charge on any atom is 0.0665 e. The molecular formula is C19H24ClN. The molecule has 1 nitrogen and oxygen atoms in total. The van der Waals surface area contributed by atoms with Crippen LogP contribution < -0.4 is 5.73 Å². The van der Waals surface area contributed by atoms with Crippen LogP contribution in [-0.4, -0.2) is 0 Å². The fourth-order valence-electron chi connectivity index (χ4n) is 2.59. The highest BCUT2D eigenvalue weighted by atomic mass is 35.5. The highest BCUT2D eigenvalue weighted by molar-refractivity contribution is 5.85. The Bertz CT molecular complexity index is 495. The average Bonchev–Trinajstić information content (AvgIpc) is 2.53. The van der Waals surface area contributed by atoms with Crippen LogP contribution in [0.3, 0.4) is 0 Å². The lowest BCUT2D eigenvalue weighted by atomic mass is 9.80. The summed E-state index contributed by atoms with van der Waals surface area (Å²) < 4.78 is 0. The van der Waals surface area contributed by atoms with Crippen LogP contribution in [0, 0.1) is 0 Å². The van der Waals surface area contributed by atoms with Gasteiger partial charge in [0.1, 0.15) is 0 Å². The van der Waals surface area contributed by atoms with Crippen molar-refractivity contribution < 1.29 is 0 Å². The minimum atomic E-state index is -0.399. The summed E-state index contributed by atoms with van der Waals surface area (Å²) in [4.78, 5) is 0. The Morgan fingerprint density at radius 1 is 0.905 bits per heavy atom. The van der Waals surface area contributed by atoms with Gasteiger partial charge >= 0.3 is 0 Å². The van der Waals surface area contributed by atoms with Gasteiger partial charge in [0.15, 0.2) is 0 Å². The topological polar surface area (TPSA) is 26.0 Å². The van der Waals surface area contributed by atoms with Gasteiger partial charge in [0, 0.05) is 0 Å². The number of hydrogen-bond acceptors (Lipinski definition) is 1. The van der Waals surface area contributed by atoms with Crippen molar-refractivity contribution in [3.05, 3.63) is 83.9 Å². The van der Waals surface area contributed by atoms with E-state index in [1.54, 1.807) is 0 Å². The number of benzene rings is 2. The van der Waals surface area contributed by atoms with Gasteiger partial charge in [-0.1, -0.05) is 72.8 Å². The molecule has 0 atom stereocenters. The fraction of sp³-hybridized carbons (Fsp3) is 0.263. The molecule has 112 valence electrons. The maximum atomic E-state index is 6.80. The molecule has 0 heterocycles. The molecule has 0 saturated carbocycles. The summed E-state index contributed by atoms with van der Waals surface area (Å²) in [5.41, 5.74) is 8.77. The Labute approximate surface area is 134 Å². The van der Waals surface area contributed by atoms with Crippen LogP contribution in [-0.2, 0) is 5.54 Å². The molecule has 0 fully saturated rings. The van der Waals surface area contributed by atoms with Crippen LogP contribution in [0.15, 0.2) is 72.8 Å². The van der Waals surface area contributed by atoms with Crippen LogP contribution in [0.2, 0.25) is 0 Å². The molecule has 0 radical (unpaired) electrons. The van der Waals surface area contributed by atoms with E-state index in [1.807, 2.05) is 12.1 Å². The van der Waals surface area contributed by atoms with Crippen molar-refractivity contribution >= 4 is 12.4 Å². The van der Waals surface area contributed by atoms with E-state index in [2.05, 4.69) is 67.6 Å². The van der Waals surface area contributed by atoms with Crippen molar-refractivity contribution in [2.24, 2.45) is 5.73 Å². The molecule has 0 spiro atoms. The summed E-state index contributed by atoms with van der Waals surface area (Å²) in [5, 5.41) is 0. The van der Waals surface area contributed by atoms with Crippen molar-refractivity contribution in [3.8, 4) is 0 Å². The van der Waals surface area contributed by atoms with Crippen molar-refractivity contribution in [1.29, 1.82) is 0 Å². The van der Waals surface area contributed by atoms with Crippen LogP contribution >= 0.6 is 12.4 Å². The SMILES string of the molecule is CC=CCCCC(N)(c1ccccc1)c1ccccc1.Cl. The lowest BCUT2D eigenvalue weighted by Gasteiger charge is -2.31. The van der Waals surface area contributed by atoms with Gasteiger partial charge in [-0.2, -0.15) is 0 Å². The Kier molecular flexibility index (Phi) is 7.21. The smallest absolute Gasteiger partial charge is 0.0665 e. The summed E-state index contributed by atoms with van der Waals surface area (Å²) in [6, 6.07) is 20.8. The highest BCUT2D eigenvalue weighted by Gasteiger charge is 2.28. The molecule has 0 aliphatic carbocycles. The maximum absolute atomic E-state index is 6.80. The van der Waals surface area contributed by atoms with E-state index in [1.165, 1.54) is 11.1 Å². The summed E-state index contributed by atoms with van der Waals surface area (Å²) in [7, 11) is 0. The third-order valence-corrected chi connectivity index (χ3v) is 3.76. The molecule has 0 unspecified atom stereocenters. The molecule has 0 aliphatic rings. The first-order valence-electron chi connectivity index (χ1n) is 7.28. The third-order valence-electron chi connectivity index (χ3n) is 3.76. The van der Waals surface area contributed by atoms with Crippen LogP contribution in [0.4, 0.5) is 0 Å². The summed E-state index contributed by atoms with van der Waals surface area (Å²) in [6.07, 6.45) is 7.42. The lowest BCUT2D eigenvalue weighted by Crippen LogP contribution is -2.37. The van der Waals surface area contributed by atoms with Gasteiger partial charge in [-0.05, 0) is 37.3 Å². The fourth-order valence-corrected chi connectivity index (χ4v) is 2.59. The molecule has 2 heteroatoms. The summed E-state index contributed by atoms with van der Waals surface area (Å²) >= 11 is 0. The van der Waals surface area contributed by atoms with Crippen LogP contribution in [0.1, 0.15) is 37.3 Å². The first kappa shape index (κ1) is 17.5. The third kappa shape index (κ3) is 4.45. The molecule has 0 amide bonds. The number of unbranched alkanes of at least 4 members (excludes halogenated alkanes) is 1. The van der Waals surface area contributed by atoms with E-state index in [-0.39, 0.29) is 12.4 Å². The van der Waals surface area contributed by atoms with Gasteiger partial charge < -0.3 is 5.73 Å². The molecular weight excluding hydrogens is 278 g/mol. The van der Waals surface area contributed by atoms with Crippen molar-refractivity contribution in [2.45, 2.75) is 31.7 Å².